The molecule has 0 saturated heterocycles. The summed E-state index contributed by atoms with van der Waals surface area (Å²) >= 11 is 5.61. The summed E-state index contributed by atoms with van der Waals surface area (Å²) in [5, 5.41) is 0.243. The second kappa shape index (κ2) is 5.88. The van der Waals surface area contributed by atoms with E-state index in [1.54, 1.807) is 0 Å². The van der Waals surface area contributed by atoms with Crippen LogP contribution >= 0.6 is 11.6 Å². The number of carbonyl (C=O) groups excluding carboxylic acids is 1. The van der Waals surface area contributed by atoms with Gasteiger partial charge in [0.2, 0.25) is 0 Å². The van der Waals surface area contributed by atoms with E-state index in [9.17, 15) is 13.6 Å². The largest absolute Gasteiger partial charge is 0.457 e. The van der Waals surface area contributed by atoms with Gasteiger partial charge in [-0.3, -0.25) is 0 Å². The van der Waals surface area contributed by atoms with Gasteiger partial charge in [-0.25, -0.2) is 13.6 Å². The third kappa shape index (κ3) is 3.24. The van der Waals surface area contributed by atoms with Crippen molar-refractivity contribution in [3.8, 4) is 0 Å². The fraction of sp³-hybridized carbons (Fsp3) is 0.0714. The van der Waals surface area contributed by atoms with Crippen molar-refractivity contribution in [2.45, 2.75) is 6.61 Å². The molecule has 0 amide bonds. The molecule has 20 heavy (non-hydrogen) atoms. The zero-order chi connectivity index (χ0) is 14.7. The molecular weight excluding hydrogens is 288 g/mol. The number of benzene rings is 2. The molecule has 0 radical (unpaired) electrons. The molecule has 0 atom stereocenters. The van der Waals surface area contributed by atoms with Crippen LogP contribution in [0.25, 0.3) is 0 Å². The van der Waals surface area contributed by atoms with Crippen LogP contribution in [0.5, 0.6) is 0 Å². The van der Waals surface area contributed by atoms with Crippen LogP contribution in [0.15, 0.2) is 36.4 Å². The number of esters is 1. The van der Waals surface area contributed by atoms with E-state index in [2.05, 4.69) is 0 Å². The SMILES string of the molecule is Nc1ccc(F)cc1C(=O)OCc1ccc(Cl)cc1F. The zero-order valence-electron chi connectivity index (χ0n) is 10.2. The van der Waals surface area contributed by atoms with Gasteiger partial charge in [-0.05, 0) is 30.3 Å². The van der Waals surface area contributed by atoms with Gasteiger partial charge in [0.25, 0.3) is 0 Å². The summed E-state index contributed by atoms with van der Waals surface area (Å²) in [6.45, 7) is -0.294. The standard InChI is InChI=1S/C14H10ClF2NO2/c15-9-2-1-8(12(17)5-9)7-20-14(19)11-6-10(16)3-4-13(11)18/h1-6H,7,18H2. The van der Waals surface area contributed by atoms with Crippen molar-refractivity contribution >= 4 is 23.3 Å². The molecule has 0 bridgehead atoms. The monoisotopic (exact) mass is 297 g/mol. The van der Waals surface area contributed by atoms with Gasteiger partial charge >= 0.3 is 5.97 Å². The Balaban J connectivity index is 2.10. The molecule has 3 nitrogen and oxygen atoms in total. The van der Waals surface area contributed by atoms with Gasteiger partial charge in [0.1, 0.15) is 18.2 Å². The first-order valence-corrected chi connectivity index (χ1v) is 6.01. The molecule has 0 heterocycles. The lowest BCUT2D eigenvalue weighted by Crippen LogP contribution is -2.09. The van der Waals surface area contributed by atoms with Crippen LogP contribution in [0.1, 0.15) is 15.9 Å². The fourth-order valence-electron chi connectivity index (χ4n) is 1.57. The number of anilines is 1. The Morgan fingerprint density at radius 1 is 1.20 bits per heavy atom. The third-order valence-corrected chi connectivity index (χ3v) is 2.84. The maximum atomic E-state index is 13.5. The molecule has 0 aliphatic rings. The van der Waals surface area contributed by atoms with Crippen LogP contribution in [0, 0.1) is 11.6 Å². The summed E-state index contributed by atoms with van der Waals surface area (Å²) in [6, 6.07) is 7.35. The van der Waals surface area contributed by atoms with E-state index >= 15 is 0 Å². The summed E-state index contributed by atoms with van der Waals surface area (Å²) in [4.78, 5) is 11.8. The second-order valence-electron chi connectivity index (χ2n) is 4.04. The third-order valence-electron chi connectivity index (χ3n) is 2.61. The highest BCUT2D eigenvalue weighted by molar-refractivity contribution is 6.30. The van der Waals surface area contributed by atoms with Crippen molar-refractivity contribution in [2.75, 3.05) is 5.73 Å². The summed E-state index contributed by atoms with van der Waals surface area (Å²) in [5.41, 5.74) is 5.71. The van der Waals surface area contributed by atoms with Crippen molar-refractivity contribution < 1.29 is 18.3 Å². The van der Waals surface area contributed by atoms with Crippen molar-refractivity contribution in [3.05, 3.63) is 64.2 Å². The van der Waals surface area contributed by atoms with E-state index in [1.807, 2.05) is 0 Å². The molecule has 2 aromatic carbocycles. The number of carbonyl (C=O) groups is 1. The first-order chi connectivity index (χ1) is 9.47. The number of hydrogen-bond donors (Lipinski definition) is 1. The lowest BCUT2D eigenvalue weighted by Gasteiger charge is -2.08. The number of halogens is 3. The van der Waals surface area contributed by atoms with Gasteiger partial charge in [0.15, 0.2) is 0 Å². The number of nitrogens with two attached hydrogens (primary N) is 1. The molecule has 0 aliphatic carbocycles. The highest BCUT2D eigenvalue weighted by Gasteiger charge is 2.13. The maximum Gasteiger partial charge on any atom is 0.340 e. The highest BCUT2D eigenvalue weighted by Crippen LogP contribution is 2.18. The quantitative estimate of drug-likeness (QED) is 0.696. The number of nitrogen functional groups attached to an aromatic ring is 1. The summed E-state index contributed by atoms with van der Waals surface area (Å²) in [7, 11) is 0. The predicted molar refractivity (Wildman–Crippen MR) is 71.3 cm³/mol. The van der Waals surface area contributed by atoms with Crippen LogP contribution < -0.4 is 5.73 Å². The topological polar surface area (TPSA) is 52.3 Å². The van der Waals surface area contributed by atoms with Crippen LogP contribution in [-0.4, -0.2) is 5.97 Å². The summed E-state index contributed by atoms with van der Waals surface area (Å²) in [6.07, 6.45) is 0. The molecule has 0 spiro atoms. The first kappa shape index (κ1) is 14.3. The first-order valence-electron chi connectivity index (χ1n) is 5.63. The lowest BCUT2D eigenvalue weighted by molar-refractivity contribution is 0.0469. The number of ether oxygens (including phenoxy) is 1. The number of hydrogen-bond acceptors (Lipinski definition) is 3. The van der Waals surface area contributed by atoms with Crippen molar-refractivity contribution in [1.29, 1.82) is 0 Å². The average molecular weight is 298 g/mol. The fourth-order valence-corrected chi connectivity index (χ4v) is 1.72. The molecule has 0 fully saturated rings. The molecular formula is C14H10ClF2NO2. The predicted octanol–water partition coefficient (Wildman–Crippen LogP) is 3.56. The van der Waals surface area contributed by atoms with Gasteiger partial charge < -0.3 is 10.5 Å². The Morgan fingerprint density at radius 2 is 1.95 bits per heavy atom. The molecule has 0 unspecified atom stereocenters. The van der Waals surface area contributed by atoms with Crippen LogP contribution in [0.3, 0.4) is 0 Å². The van der Waals surface area contributed by atoms with Gasteiger partial charge in [0.05, 0.1) is 5.56 Å². The minimum atomic E-state index is -0.823. The van der Waals surface area contributed by atoms with Gasteiger partial charge in [-0.1, -0.05) is 17.7 Å². The normalized spacial score (nSPS) is 10.3. The van der Waals surface area contributed by atoms with Gasteiger partial charge in [0, 0.05) is 16.3 Å². The summed E-state index contributed by atoms with van der Waals surface area (Å²) in [5.74, 6) is -2.02. The highest BCUT2D eigenvalue weighted by atomic mass is 35.5. The molecule has 104 valence electrons. The molecule has 2 N–H and O–H groups in total. The minimum Gasteiger partial charge on any atom is -0.457 e. The van der Waals surface area contributed by atoms with Gasteiger partial charge in [-0.2, -0.15) is 0 Å². The van der Waals surface area contributed by atoms with E-state index in [0.717, 1.165) is 18.2 Å². The molecule has 0 saturated carbocycles. The molecule has 6 heteroatoms. The van der Waals surface area contributed by atoms with E-state index in [0.29, 0.717) is 0 Å². The second-order valence-corrected chi connectivity index (χ2v) is 4.48. The average Bonchev–Trinajstić information content (AvgIpc) is 2.40. The zero-order valence-corrected chi connectivity index (χ0v) is 11.0. The Morgan fingerprint density at radius 3 is 2.65 bits per heavy atom. The molecule has 0 aromatic heterocycles. The number of rotatable bonds is 3. The van der Waals surface area contributed by atoms with Crippen LogP contribution in [0.2, 0.25) is 5.02 Å². The van der Waals surface area contributed by atoms with Crippen LogP contribution in [0.4, 0.5) is 14.5 Å². The maximum absolute atomic E-state index is 13.5. The van der Waals surface area contributed by atoms with E-state index in [-0.39, 0.29) is 28.4 Å². The van der Waals surface area contributed by atoms with Crippen molar-refractivity contribution in [1.82, 2.24) is 0 Å². The minimum absolute atomic E-state index is 0.0907. The van der Waals surface area contributed by atoms with Gasteiger partial charge in [-0.15, -0.1) is 0 Å². The Kier molecular flexibility index (Phi) is 4.20. The Hall–Kier alpha value is -2.14. The summed E-state index contributed by atoms with van der Waals surface area (Å²) < 4.78 is 31.4. The molecule has 2 aromatic rings. The molecule has 0 aliphatic heterocycles. The Labute approximate surface area is 118 Å². The van der Waals surface area contributed by atoms with Crippen LogP contribution in [-0.2, 0) is 11.3 Å². The Bertz CT molecular complexity index is 662. The van der Waals surface area contributed by atoms with E-state index < -0.39 is 17.6 Å². The smallest absolute Gasteiger partial charge is 0.340 e. The van der Waals surface area contributed by atoms with Crippen molar-refractivity contribution in [2.24, 2.45) is 0 Å². The van der Waals surface area contributed by atoms with E-state index in [1.165, 1.54) is 18.2 Å². The van der Waals surface area contributed by atoms with E-state index in [4.69, 9.17) is 22.1 Å². The lowest BCUT2D eigenvalue weighted by atomic mass is 10.2. The molecule has 2 rings (SSSR count). The van der Waals surface area contributed by atoms with Crippen molar-refractivity contribution in [3.63, 3.8) is 0 Å².